The van der Waals surface area contributed by atoms with Crippen molar-refractivity contribution in [3.63, 3.8) is 0 Å². The molecule has 4 rings (SSSR count). The second kappa shape index (κ2) is 51.0. The number of primary amides is 2. The van der Waals surface area contributed by atoms with Crippen molar-refractivity contribution in [1.82, 2.24) is 79.4 Å². The molecule has 1 aliphatic heterocycles. The van der Waals surface area contributed by atoms with E-state index in [1.807, 2.05) is 16.0 Å². The number of fused-ring (bicyclic) bond motifs is 1. The minimum absolute atomic E-state index is 0.0387. The van der Waals surface area contributed by atoms with Crippen LogP contribution in [0.1, 0.15) is 153 Å². The number of anilines is 1. The Hall–Kier alpha value is -13.8. The van der Waals surface area contributed by atoms with Gasteiger partial charge in [0.25, 0.3) is 0 Å². The van der Waals surface area contributed by atoms with E-state index in [9.17, 15) is 131 Å². The number of nitrogens with two attached hydrogens (primary N) is 4. The molecule has 4 unspecified atom stereocenters. The number of Topliss-reactive ketones (excluding diaryl/α,β-unsaturated/α-hetero) is 1. The first kappa shape index (κ1) is 102. The summed E-state index contributed by atoms with van der Waals surface area (Å²) in [5.74, 6) is -32.6. The zero-order chi connectivity index (χ0) is 91.9. The first-order valence-electron chi connectivity index (χ1n) is 39.1. The minimum Gasteiger partial charge on any atom is -0.481 e. The third-order valence-electron chi connectivity index (χ3n) is 18.9. The third kappa shape index (κ3) is 35.6. The van der Waals surface area contributed by atoms with Gasteiger partial charge < -0.3 is 133 Å². The summed E-state index contributed by atoms with van der Waals surface area (Å²) in [6.45, 7) is 0.611. The van der Waals surface area contributed by atoms with Gasteiger partial charge in [-0.2, -0.15) is 0 Å². The Morgan fingerprint density at radius 3 is 1.67 bits per heavy atom. The van der Waals surface area contributed by atoms with E-state index in [-0.39, 0.29) is 30.5 Å². The number of aliphatic hydroxyl groups excluding tert-OH is 1. The molecule has 674 valence electrons. The molecular formula is C76H107N19O28. The average molecular weight is 1730 g/mol. The van der Waals surface area contributed by atoms with Gasteiger partial charge >= 0.3 is 29.8 Å². The number of H-pyrrole nitrogens is 1. The van der Waals surface area contributed by atoms with Crippen molar-refractivity contribution >= 4 is 147 Å². The number of cyclic esters (lactones) is 1. The van der Waals surface area contributed by atoms with Crippen molar-refractivity contribution in [1.29, 1.82) is 0 Å². The fourth-order valence-corrected chi connectivity index (χ4v) is 12.4. The van der Waals surface area contributed by atoms with Gasteiger partial charge in [0.15, 0.2) is 5.78 Å². The lowest BCUT2D eigenvalue weighted by molar-refractivity contribution is -0.156. The van der Waals surface area contributed by atoms with Gasteiger partial charge in [0.05, 0.1) is 64.3 Å². The standard InChI is InChI=1S/C76H107N19O28/c1-5-6-7-8-9-10-11-22-56(100)87-46(25-39-32-82-44-20-15-13-17-40(39)44)70(116)90-47(28-55(80)99)71(117)92-50(31-62(109)110)72(118)95-64-38(4)123-76(122)51(27-53(97)41-18-12-14-19-42(41)77)93-75(121)63(36(2)24-59(103)104)94-73(119)52(35-96)88-58(102)33-83-67(113)48(29-60(105)106)89-65(111)37(3)85-69(115)49(30-61(107)108)91-68(114)45(86-57(101)34-84-74(64)120)21-16-23-81-66(112)43(78)26-54(79)98/h12-15,17-20,32,36-38,43,45-52,63-64,82,96H,5-11,16,21-31,33-35,77-78H2,1-4H3,(H2,79,98)(H2,80,99)(H,81,112)(H,83,113)(H,84,120)(H,85,115)(H,86,101)(H,87,100)(H,88,102)(H,89,111)(H,90,116)(H,91,114)(H,92,117)(H,93,121)(H,94,119)(H,95,118)(H,103,104)(H,105,106)(H,107,108)(H,109,110)/t36-,37-,38?,43+,45+,46+,47+,48+,49?,50+,51+,52-,63?,64?/m1/s1. The van der Waals surface area contributed by atoms with Crippen LogP contribution in [0.4, 0.5) is 5.69 Å². The van der Waals surface area contributed by atoms with Crippen molar-refractivity contribution in [3.05, 3.63) is 65.9 Å². The first-order valence-corrected chi connectivity index (χ1v) is 39.1. The topological polar surface area (TPSA) is 774 Å². The van der Waals surface area contributed by atoms with Crippen LogP contribution in [0.2, 0.25) is 0 Å². The predicted molar refractivity (Wildman–Crippen MR) is 426 cm³/mol. The number of nitrogen functional groups attached to an aromatic ring is 1. The molecule has 2 heterocycles. The summed E-state index contributed by atoms with van der Waals surface area (Å²) in [6, 6.07) is -12.9. The number of nitrogens with one attached hydrogen (secondary N) is 15. The maximum Gasteiger partial charge on any atom is 0.329 e. The van der Waals surface area contributed by atoms with E-state index in [0.29, 0.717) is 29.3 Å². The maximum absolute atomic E-state index is 14.9. The van der Waals surface area contributed by atoms with Crippen LogP contribution in [0.5, 0.6) is 0 Å². The zero-order valence-electron chi connectivity index (χ0n) is 67.8. The van der Waals surface area contributed by atoms with Gasteiger partial charge in [-0.15, -0.1) is 0 Å². The van der Waals surface area contributed by atoms with Crippen LogP contribution in [-0.2, 0) is 112 Å². The third-order valence-corrected chi connectivity index (χ3v) is 18.9. The number of aromatic amines is 1. The molecule has 47 heteroatoms. The molecule has 0 spiro atoms. The molecule has 47 nitrogen and oxygen atoms in total. The Morgan fingerprint density at radius 1 is 0.528 bits per heavy atom. The van der Waals surface area contributed by atoms with E-state index in [2.05, 4.69) is 70.4 Å². The van der Waals surface area contributed by atoms with E-state index < -0.39 is 292 Å². The highest BCUT2D eigenvalue weighted by Crippen LogP contribution is 2.22. The summed E-state index contributed by atoms with van der Waals surface area (Å²) in [5, 5.41) is 81.0. The lowest BCUT2D eigenvalue weighted by Crippen LogP contribution is -2.62. The molecular weight excluding hydrogens is 1630 g/mol. The quantitative estimate of drug-likeness (QED) is 0.0109. The van der Waals surface area contributed by atoms with Crippen LogP contribution in [0, 0.1) is 5.92 Å². The number of unbranched alkanes of at least 4 members (excludes halogenated alkanes) is 6. The van der Waals surface area contributed by atoms with E-state index in [1.54, 1.807) is 30.5 Å². The van der Waals surface area contributed by atoms with Gasteiger partial charge in [0, 0.05) is 54.2 Å². The van der Waals surface area contributed by atoms with E-state index in [4.69, 9.17) is 27.7 Å². The van der Waals surface area contributed by atoms with Crippen molar-refractivity contribution in [3.8, 4) is 0 Å². The predicted octanol–water partition coefficient (Wildman–Crippen LogP) is -7.26. The van der Waals surface area contributed by atoms with Crippen LogP contribution in [-0.4, -0.2) is 266 Å². The summed E-state index contributed by atoms with van der Waals surface area (Å²) < 4.78 is 5.69. The molecule has 0 saturated carbocycles. The lowest BCUT2D eigenvalue weighted by Gasteiger charge is -2.30. The zero-order valence-corrected chi connectivity index (χ0v) is 67.8. The number of ketones is 1. The molecule has 123 heavy (non-hydrogen) atoms. The normalized spacial score (nSPS) is 20.7. The molecule has 1 aliphatic rings. The summed E-state index contributed by atoms with van der Waals surface area (Å²) in [4.78, 5) is 303. The number of aromatic nitrogens is 1. The van der Waals surface area contributed by atoms with Gasteiger partial charge in [0.2, 0.25) is 94.5 Å². The number of hydrogen-bond donors (Lipinski definition) is 24. The lowest BCUT2D eigenvalue weighted by atomic mass is 9.96. The number of amides is 16. The highest BCUT2D eigenvalue weighted by molar-refractivity contribution is 6.05. The number of benzene rings is 2. The number of aliphatic hydroxyl groups is 1. The minimum atomic E-state index is -2.52. The number of carbonyl (C=O) groups excluding carboxylic acids is 18. The summed E-state index contributed by atoms with van der Waals surface area (Å²) in [7, 11) is 0. The number of aliphatic carboxylic acids is 4. The highest BCUT2D eigenvalue weighted by Gasteiger charge is 2.41. The summed E-state index contributed by atoms with van der Waals surface area (Å²) >= 11 is 0. The molecule has 28 N–H and O–H groups in total. The van der Waals surface area contributed by atoms with Crippen molar-refractivity contribution in [2.45, 2.75) is 222 Å². The molecule has 3 aromatic rings. The number of carboxylic acid groups (broad SMARTS) is 4. The van der Waals surface area contributed by atoms with Gasteiger partial charge in [-0.3, -0.25) is 101 Å². The van der Waals surface area contributed by atoms with Crippen molar-refractivity contribution in [2.75, 3.05) is 32.0 Å². The van der Waals surface area contributed by atoms with E-state index in [0.717, 1.165) is 52.9 Å². The van der Waals surface area contributed by atoms with Gasteiger partial charge in [0.1, 0.15) is 72.6 Å². The molecule has 1 aromatic heterocycles. The molecule has 14 atom stereocenters. The molecule has 2 aromatic carbocycles. The van der Waals surface area contributed by atoms with Gasteiger partial charge in [-0.1, -0.05) is 82.7 Å². The van der Waals surface area contributed by atoms with Crippen LogP contribution >= 0.6 is 0 Å². The molecule has 16 amide bonds. The largest absolute Gasteiger partial charge is 0.481 e. The Balaban J connectivity index is 1.92. The monoisotopic (exact) mass is 1730 g/mol. The van der Waals surface area contributed by atoms with E-state index in [1.165, 1.54) is 24.3 Å². The second-order valence-electron chi connectivity index (χ2n) is 29.0. The van der Waals surface area contributed by atoms with Crippen LogP contribution < -0.4 is 97.4 Å². The van der Waals surface area contributed by atoms with Crippen LogP contribution in [0.25, 0.3) is 10.9 Å². The Kier molecular flexibility index (Phi) is 42.1. The smallest absolute Gasteiger partial charge is 0.329 e. The van der Waals surface area contributed by atoms with Gasteiger partial charge in [-0.25, -0.2) is 4.79 Å². The molecule has 0 radical (unpaired) electrons. The number of rotatable bonds is 39. The van der Waals surface area contributed by atoms with E-state index >= 15 is 0 Å². The summed E-state index contributed by atoms with van der Waals surface area (Å²) in [6.07, 6.45) is -3.92. The second-order valence-corrected chi connectivity index (χ2v) is 29.0. The average Bonchev–Trinajstić information content (AvgIpc) is 1.74. The molecule has 1 fully saturated rings. The number of carbonyl (C=O) groups is 22. The number of para-hydroxylation sites is 2. The van der Waals surface area contributed by atoms with Crippen LogP contribution in [0.15, 0.2) is 54.7 Å². The highest BCUT2D eigenvalue weighted by atomic mass is 16.5. The van der Waals surface area contributed by atoms with Crippen molar-refractivity contribution in [2.24, 2.45) is 23.1 Å². The first-order chi connectivity index (χ1) is 58.0. The number of carboxylic acids is 4. The number of ether oxygens (including phenoxy) is 1. The fourth-order valence-electron chi connectivity index (χ4n) is 12.4. The molecule has 0 aliphatic carbocycles. The van der Waals surface area contributed by atoms with Crippen LogP contribution in [0.3, 0.4) is 0 Å². The Bertz CT molecular complexity index is 4370. The SMILES string of the molecule is CCCCCCCCCC(=O)N[C@@H](Cc1c[nH]c2ccccc12)C(=O)N[C@@H](CC(N)=O)C(=O)N[C@@H](CC(=O)O)C(=O)NC1C(=O)NCC(=O)N[C@@H](CCCNC(=O)[C@@H](N)CC(N)=O)C(=O)NC(CC(=O)O)C(=O)N[C@H](C)C(=O)N[C@@H](CC(=O)O)C(=O)NCC(=O)N[C@H](CO)C(=O)NC([C@H](C)CC(=O)O)C(=O)N[C@@H](CC(=O)c2ccccc2N)C(=O)OC1C. The molecule has 1 saturated heterocycles. The Morgan fingerprint density at radius 2 is 1.07 bits per heavy atom. The van der Waals surface area contributed by atoms with Gasteiger partial charge in [-0.05, 0) is 62.8 Å². The number of hydrogen-bond acceptors (Lipinski definition) is 26. The maximum atomic E-state index is 14.9. The Labute approximate surface area is 702 Å². The van der Waals surface area contributed by atoms with Crippen molar-refractivity contribution < 1.29 is 136 Å². The fraction of sp³-hybridized carbons (Fsp3) is 0.526. The summed E-state index contributed by atoms with van der Waals surface area (Å²) in [5.41, 5.74) is 23.2. The molecule has 0 bridgehead atoms. The number of esters is 1.